The van der Waals surface area contributed by atoms with Gasteiger partial charge < -0.3 is 15.3 Å². The van der Waals surface area contributed by atoms with Crippen molar-refractivity contribution in [1.29, 1.82) is 0 Å². The van der Waals surface area contributed by atoms with E-state index in [1.54, 1.807) is 6.07 Å². The van der Waals surface area contributed by atoms with Crippen molar-refractivity contribution in [3.05, 3.63) is 21.9 Å². The van der Waals surface area contributed by atoms with Gasteiger partial charge in [-0.15, -0.1) is 11.3 Å². The third-order valence-corrected chi connectivity index (χ3v) is 4.59. The van der Waals surface area contributed by atoms with Crippen LogP contribution in [-0.2, 0) is 5.60 Å². The van der Waals surface area contributed by atoms with Gasteiger partial charge in [-0.1, -0.05) is 0 Å². The van der Waals surface area contributed by atoms with Crippen molar-refractivity contribution >= 4 is 17.2 Å². The molecule has 1 aromatic heterocycles. The molecule has 0 saturated carbocycles. The SMILES string of the molecule is CCNC(=O)c1ccsc1C1(O)CCN(C)CC1. The van der Waals surface area contributed by atoms with E-state index in [4.69, 9.17) is 0 Å². The minimum atomic E-state index is -0.832. The third-order valence-electron chi connectivity index (χ3n) is 3.48. The molecule has 0 aliphatic carbocycles. The van der Waals surface area contributed by atoms with Gasteiger partial charge in [0.05, 0.1) is 5.56 Å². The number of aliphatic hydroxyl groups is 1. The van der Waals surface area contributed by atoms with E-state index in [1.807, 2.05) is 12.3 Å². The topological polar surface area (TPSA) is 52.6 Å². The number of nitrogens with one attached hydrogen (secondary N) is 1. The van der Waals surface area contributed by atoms with Crippen molar-refractivity contribution in [2.75, 3.05) is 26.7 Å². The Kier molecular flexibility index (Phi) is 4.04. The Morgan fingerprint density at radius 3 is 2.83 bits per heavy atom. The summed E-state index contributed by atoms with van der Waals surface area (Å²) in [5, 5.41) is 15.4. The van der Waals surface area contributed by atoms with Crippen molar-refractivity contribution in [3.63, 3.8) is 0 Å². The van der Waals surface area contributed by atoms with Crippen LogP contribution in [0.3, 0.4) is 0 Å². The van der Waals surface area contributed by atoms with E-state index in [2.05, 4.69) is 17.3 Å². The van der Waals surface area contributed by atoms with E-state index in [-0.39, 0.29) is 5.91 Å². The molecule has 1 amide bonds. The lowest BCUT2D eigenvalue weighted by Gasteiger charge is -2.36. The van der Waals surface area contributed by atoms with Crippen LogP contribution >= 0.6 is 11.3 Å². The molecule has 2 heterocycles. The molecular formula is C13H20N2O2S. The summed E-state index contributed by atoms with van der Waals surface area (Å²) in [6, 6.07) is 1.81. The van der Waals surface area contributed by atoms with Crippen LogP contribution in [-0.4, -0.2) is 42.6 Å². The van der Waals surface area contributed by atoms with Crippen molar-refractivity contribution in [2.45, 2.75) is 25.4 Å². The van der Waals surface area contributed by atoms with Crippen LogP contribution in [0, 0.1) is 0 Å². The molecule has 0 radical (unpaired) electrons. The average molecular weight is 268 g/mol. The highest BCUT2D eigenvalue weighted by Gasteiger charge is 2.37. The Morgan fingerprint density at radius 2 is 2.22 bits per heavy atom. The second-order valence-corrected chi connectivity index (χ2v) is 5.77. The van der Waals surface area contributed by atoms with Crippen molar-refractivity contribution < 1.29 is 9.90 Å². The lowest BCUT2D eigenvalue weighted by molar-refractivity contribution is -0.0177. The summed E-state index contributed by atoms with van der Waals surface area (Å²) in [6.45, 7) is 4.23. The zero-order valence-corrected chi connectivity index (χ0v) is 11.7. The van der Waals surface area contributed by atoms with Crippen LogP contribution < -0.4 is 5.32 Å². The minimum Gasteiger partial charge on any atom is -0.384 e. The minimum absolute atomic E-state index is 0.0823. The first-order chi connectivity index (χ1) is 8.57. The summed E-state index contributed by atoms with van der Waals surface area (Å²) < 4.78 is 0. The molecule has 1 aliphatic rings. The highest BCUT2D eigenvalue weighted by atomic mass is 32.1. The molecule has 0 atom stereocenters. The highest BCUT2D eigenvalue weighted by Crippen LogP contribution is 2.37. The summed E-state index contributed by atoms with van der Waals surface area (Å²) in [5.74, 6) is -0.0823. The van der Waals surface area contributed by atoms with Gasteiger partial charge in [0, 0.05) is 24.5 Å². The predicted octanol–water partition coefficient (Wildman–Crippen LogP) is 1.41. The summed E-state index contributed by atoms with van der Waals surface area (Å²) >= 11 is 1.48. The van der Waals surface area contributed by atoms with Crippen LogP contribution in [0.5, 0.6) is 0 Å². The molecule has 4 nitrogen and oxygen atoms in total. The number of carbonyl (C=O) groups is 1. The molecule has 1 saturated heterocycles. The molecule has 0 unspecified atom stereocenters. The average Bonchev–Trinajstić information content (AvgIpc) is 2.83. The lowest BCUT2D eigenvalue weighted by Crippen LogP contribution is -2.41. The second kappa shape index (κ2) is 5.38. The number of piperidine rings is 1. The fraction of sp³-hybridized carbons (Fsp3) is 0.615. The molecule has 1 fully saturated rings. The Bertz CT molecular complexity index is 422. The number of hydrogen-bond acceptors (Lipinski definition) is 4. The zero-order valence-electron chi connectivity index (χ0n) is 10.9. The van der Waals surface area contributed by atoms with Gasteiger partial charge in [0.25, 0.3) is 5.91 Å². The Balaban J connectivity index is 2.23. The molecular weight excluding hydrogens is 248 g/mol. The number of thiophene rings is 1. The van der Waals surface area contributed by atoms with Crippen molar-refractivity contribution in [1.82, 2.24) is 10.2 Å². The number of nitrogens with zero attached hydrogens (tertiary/aromatic N) is 1. The van der Waals surface area contributed by atoms with Crippen LogP contribution in [0.15, 0.2) is 11.4 Å². The molecule has 0 bridgehead atoms. The van der Waals surface area contributed by atoms with E-state index >= 15 is 0 Å². The molecule has 2 rings (SSSR count). The van der Waals surface area contributed by atoms with Crippen molar-refractivity contribution in [3.8, 4) is 0 Å². The van der Waals surface area contributed by atoms with Crippen molar-refractivity contribution in [2.24, 2.45) is 0 Å². The molecule has 0 spiro atoms. The van der Waals surface area contributed by atoms with Gasteiger partial charge in [-0.25, -0.2) is 0 Å². The molecule has 1 aliphatic heterocycles. The van der Waals surface area contributed by atoms with Gasteiger partial charge in [0.1, 0.15) is 5.60 Å². The third kappa shape index (κ3) is 2.58. The van der Waals surface area contributed by atoms with Crippen LogP contribution in [0.2, 0.25) is 0 Å². The Hall–Kier alpha value is -0.910. The molecule has 18 heavy (non-hydrogen) atoms. The standard InChI is InChI=1S/C13H20N2O2S/c1-3-14-12(16)10-4-9-18-11(10)13(17)5-7-15(2)8-6-13/h4,9,17H,3,5-8H2,1-2H3,(H,14,16). The lowest BCUT2D eigenvalue weighted by atomic mass is 9.88. The molecule has 1 aromatic rings. The quantitative estimate of drug-likeness (QED) is 0.871. The van der Waals surface area contributed by atoms with E-state index < -0.39 is 5.60 Å². The molecule has 2 N–H and O–H groups in total. The smallest absolute Gasteiger partial charge is 0.252 e. The first-order valence-electron chi connectivity index (χ1n) is 6.34. The summed E-state index contributed by atoms with van der Waals surface area (Å²) in [4.78, 5) is 15.0. The fourth-order valence-electron chi connectivity index (χ4n) is 2.32. The van der Waals surface area contributed by atoms with E-state index in [9.17, 15) is 9.90 Å². The van der Waals surface area contributed by atoms with Gasteiger partial charge >= 0.3 is 0 Å². The number of rotatable bonds is 3. The normalized spacial score (nSPS) is 19.7. The summed E-state index contributed by atoms with van der Waals surface area (Å²) in [7, 11) is 2.05. The number of amides is 1. The summed E-state index contributed by atoms with van der Waals surface area (Å²) in [6.07, 6.45) is 1.38. The zero-order chi connectivity index (χ0) is 13.2. The maximum atomic E-state index is 11.9. The van der Waals surface area contributed by atoms with Gasteiger partial charge in [0.2, 0.25) is 0 Å². The first kappa shape index (κ1) is 13.5. The first-order valence-corrected chi connectivity index (χ1v) is 7.22. The van der Waals surface area contributed by atoms with Gasteiger partial charge in [-0.05, 0) is 38.3 Å². The van der Waals surface area contributed by atoms with Crippen LogP contribution in [0.25, 0.3) is 0 Å². The van der Waals surface area contributed by atoms with Crippen LogP contribution in [0.1, 0.15) is 35.0 Å². The largest absolute Gasteiger partial charge is 0.384 e. The summed E-state index contributed by atoms with van der Waals surface area (Å²) in [5.41, 5.74) is -0.199. The number of hydrogen-bond donors (Lipinski definition) is 2. The fourth-order valence-corrected chi connectivity index (χ4v) is 3.37. The Labute approximate surface area is 112 Å². The van der Waals surface area contributed by atoms with Gasteiger partial charge in [-0.3, -0.25) is 4.79 Å². The Morgan fingerprint density at radius 1 is 1.56 bits per heavy atom. The highest BCUT2D eigenvalue weighted by molar-refractivity contribution is 7.10. The number of likely N-dealkylation sites (tertiary alicyclic amines) is 1. The molecule has 5 heteroatoms. The second-order valence-electron chi connectivity index (χ2n) is 4.86. The maximum Gasteiger partial charge on any atom is 0.252 e. The van der Waals surface area contributed by atoms with Crippen LogP contribution in [0.4, 0.5) is 0 Å². The van der Waals surface area contributed by atoms with E-state index in [1.165, 1.54) is 11.3 Å². The van der Waals surface area contributed by atoms with Gasteiger partial charge in [-0.2, -0.15) is 0 Å². The molecule has 0 aromatic carbocycles. The van der Waals surface area contributed by atoms with E-state index in [0.29, 0.717) is 24.9 Å². The predicted molar refractivity (Wildman–Crippen MR) is 73.0 cm³/mol. The monoisotopic (exact) mass is 268 g/mol. The molecule has 100 valence electrons. The van der Waals surface area contributed by atoms with E-state index in [0.717, 1.165) is 18.0 Å². The maximum absolute atomic E-state index is 11.9. The van der Waals surface area contributed by atoms with Gasteiger partial charge in [0.15, 0.2) is 0 Å². The number of carbonyl (C=O) groups excluding carboxylic acids is 1.